The number of anilines is 1. The van der Waals surface area contributed by atoms with Crippen LogP contribution in [0.1, 0.15) is 20.3 Å². The first-order valence-electron chi connectivity index (χ1n) is 7.37. The van der Waals surface area contributed by atoms with Crippen molar-refractivity contribution < 1.29 is 0 Å². The highest BCUT2D eigenvalue weighted by atomic mass is 32.2. The molecule has 1 fully saturated rings. The molecule has 0 radical (unpaired) electrons. The monoisotopic (exact) mass is 299 g/mol. The molecule has 3 rings (SSSR count). The SMILES string of the molecule is CC1(C)CCSCC1Nc1cnc(-c2ccccc2)nc1. The van der Waals surface area contributed by atoms with Crippen LogP contribution in [0.2, 0.25) is 0 Å². The fourth-order valence-corrected chi connectivity index (χ4v) is 4.12. The van der Waals surface area contributed by atoms with Crippen LogP contribution in [0.5, 0.6) is 0 Å². The molecule has 2 heterocycles. The summed E-state index contributed by atoms with van der Waals surface area (Å²) in [6.07, 6.45) is 5.04. The number of thioether (sulfide) groups is 1. The van der Waals surface area contributed by atoms with E-state index in [-0.39, 0.29) is 0 Å². The number of nitrogens with zero attached hydrogens (tertiary/aromatic N) is 2. The predicted octanol–water partition coefficient (Wildman–Crippen LogP) is 4.09. The largest absolute Gasteiger partial charge is 0.378 e. The minimum Gasteiger partial charge on any atom is -0.378 e. The Morgan fingerprint density at radius 1 is 1.14 bits per heavy atom. The van der Waals surface area contributed by atoms with Crippen LogP contribution in [0.25, 0.3) is 11.4 Å². The van der Waals surface area contributed by atoms with E-state index in [9.17, 15) is 0 Å². The maximum absolute atomic E-state index is 4.48. The third kappa shape index (κ3) is 3.38. The van der Waals surface area contributed by atoms with Crippen molar-refractivity contribution in [2.75, 3.05) is 16.8 Å². The summed E-state index contributed by atoms with van der Waals surface area (Å²) in [6, 6.07) is 10.6. The number of nitrogens with one attached hydrogen (secondary N) is 1. The fourth-order valence-electron chi connectivity index (χ4n) is 2.51. The highest BCUT2D eigenvalue weighted by Gasteiger charge is 2.32. The standard InChI is InChI=1S/C17H21N3S/c1-17(2)8-9-21-12-15(17)20-14-10-18-16(19-11-14)13-6-4-3-5-7-13/h3-7,10-11,15,20H,8-9,12H2,1-2H3. The van der Waals surface area contributed by atoms with Crippen LogP contribution in [0.3, 0.4) is 0 Å². The Morgan fingerprint density at radius 2 is 1.86 bits per heavy atom. The summed E-state index contributed by atoms with van der Waals surface area (Å²) < 4.78 is 0. The van der Waals surface area contributed by atoms with Crippen molar-refractivity contribution in [3.8, 4) is 11.4 Å². The highest BCUT2D eigenvalue weighted by Crippen LogP contribution is 2.35. The molecule has 21 heavy (non-hydrogen) atoms. The van der Waals surface area contributed by atoms with E-state index in [1.165, 1.54) is 12.2 Å². The lowest BCUT2D eigenvalue weighted by atomic mass is 9.82. The third-order valence-corrected chi connectivity index (χ3v) is 5.21. The van der Waals surface area contributed by atoms with Gasteiger partial charge in [-0.05, 0) is 17.6 Å². The van der Waals surface area contributed by atoms with Crippen LogP contribution in [0.15, 0.2) is 42.7 Å². The summed E-state index contributed by atoms with van der Waals surface area (Å²) in [5.41, 5.74) is 2.39. The van der Waals surface area contributed by atoms with E-state index in [2.05, 4.69) is 29.1 Å². The molecule has 1 aromatic carbocycles. The second-order valence-electron chi connectivity index (χ2n) is 6.17. The van der Waals surface area contributed by atoms with Gasteiger partial charge in [0.15, 0.2) is 5.82 Å². The second kappa shape index (κ2) is 6.06. The normalized spacial score (nSPS) is 21.0. The lowest BCUT2D eigenvalue weighted by Gasteiger charge is -2.39. The summed E-state index contributed by atoms with van der Waals surface area (Å²) >= 11 is 2.02. The number of hydrogen-bond acceptors (Lipinski definition) is 4. The average Bonchev–Trinajstić information content (AvgIpc) is 2.51. The zero-order valence-electron chi connectivity index (χ0n) is 12.5. The van der Waals surface area contributed by atoms with Crippen LogP contribution in [0, 0.1) is 5.41 Å². The summed E-state index contributed by atoms with van der Waals surface area (Å²) in [6.45, 7) is 4.67. The molecule has 3 nitrogen and oxygen atoms in total. The molecule has 0 aliphatic carbocycles. The Balaban J connectivity index is 1.73. The second-order valence-corrected chi connectivity index (χ2v) is 7.32. The average molecular weight is 299 g/mol. The van der Waals surface area contributed by atoms with E-state index in [1.807, 2.05) is 54.5 Å². The molecule has 0 amide bonds. The van der Waals surface area contributed by atoms with E-state index in [0.29, 0.717) is 11.5 Å². The van der Waals surface area contributed by atoms with Gasteiger partial charge in [-0.15, -0.1) is 0 Å². The number of rotatable bonds is 3. The molecule has 1 unspecified atom stereocenters. The Hall–Kier alpha value is -1.55. The Morgan fingerprint density at radius 3 is 2.52 bits per heavy atom. The van der Waals surface area contributed by atoms with Crippen molar-refractivity contribution in [1.82, 2.24) is 9.97 Å². The molecule has 1 aliphatic rings. The molecular weight excluding hydrogens is 278 g/mol. The molecule has 4 heteroatoms. The Bertz CT molecular complexity index is 581. The molecule has 1 atom stereocenters. The van der Waals surface area contributed by atoms with Crippen LogP contribution >= 0.6 is 11.8 Å². The van der Waals surface area contributed by atoms with Gasteiger partial charge in [0, 0.05) is 17.4 Å². The summed E-state index contributed by atoms with van der Waals surface area (Å²) in [5.74, 6) is 3.18. The van der Waals surface area contributed by atoms with Gasteiger partial charge in [0.25, 0.3) is 0 Å². The number of hydrogen-bond donors (Lipinski definition) is 1. The number of benzene rings is 1. The van der Waals surface area contributed by atoms with Gasteiger partial charge in [0.2, 0.25) is 0 Å². The van der Waals surface area contributed by atoms with Crippen LogP contribution < -0.4 is 5.32 Å². The summed E-state index contributed by atoms with van der Waals surface area (Å²) in [7, 11) is 0. The molecule has 1 aliphatic heterocycles. The van der Waals surface area contributed by atoms with E-state index in [4.69, 9.17) is 0 Å². The molecular formula is C17H21N3S. The zero-order valence-corrected chi connectivity index (χ0v) is 13.4. The van der Waals surface area contributed by atoms with Crippen LogP contribution in [-0.4, -0.2) is 27.5 Å². The zero-order chi connectivity index (χ0) is 14.7. The molecule has 1 aromatic heterocycles. The number of aromatic nitrogens is 2. The Kier molecular flexibility index (Phi) is 4.15. The maximum atomic E-state index is 4.48. The van der Waals surface area contributed by atoms with Gasteiger partial charge >= 0.3 is 0 Å². The van der Waals surface area contributed by atoms with Gasteiger partial charge in [-0.3, -0.25) is 0 Å². The van der Waals surface area contributed by atoms with Crippen molar-refractivity contribution >= 4 is 17.4 Å². The highest BCUT2D eigenvalue weighted by molar-refractivity contribution is 7.99. The first-order valence-corrected chi connectivity index (χ1v) is 8.52. The quantitative estimate of drug-likeness (QED) is 0.926. The van der Waals surface area contributed by atoms with Crippen molar-refractivity contribution in [3.05, 3.63) is 42.7 Å². The molecule has 1 saturated heterocycles. The minimum atomic E-state index is 0.323. The third-order valence-electron chi connectivity index (χ3n) is 4.14. The van der Waals surface area contributed by atoms with Crippen molar-refractivity contribution in [3.63, 3.8) is 0 Å². The molecule has 1 N–H and O–H groups in total. The lowest BCUT2D eigenvalue weighted by Crippen LogP contribution is -2.41. The van der Waals surface area contributed by atoms with Crippen LogP contribution in [-0.2, 0) is 0 Å². The first-order chi connectivity index (χ1) is 10.1. The topological polar surface area (TPSA) is 37.8 Å². The summed E-state index contributed by atoms with van der Waals surface area (Å²) in [5, 5.41) is 3.60. The first kappa shape index (κ1) is 14.4. The molecule has 0 saturated carbocycles. The Labute approximate surface area is 130 Å². The van der Waals surface area contributed by atoms with E-state index in [0.717, 1.165) is 22.8 Å². The van der Waals surface area contributed by atoms with Crippen molar-refractivity contribution in [2.45, 2.75) is 26.3 Å². The van der Waals surface area contributed by atoms with Gasteiger partial charge in [-0.25, -0.2) is 9.97 Å². The summed E-state index contributed by atoms with van der Waals surface area (Å²) in [4.78, 5) is 8.96. The van der Waals surface area contributed by atoms with Gasteiger partial charge in [-0.1, -0.05) is 44.2 Å². The van der Waals surface area contributed by atoms with Gasteiger partial charge in [-0.2, -0.15) is 11.8 Å². The molecule has 0 spiro atoms. The van der Waals surface area contributed by atoms with E-state index in [1.54, 1.807) is 0 Å². The molecule has 2 aromatic rings. The maximum Gasteiger partial charge on any atom is 0.159 e. The molecule has 110 valence electrons. The van der Waals surface area contributed by atoms with Gasteiger partial charge in [0.05, 0.1) is 18.1 Å². The van der Waals surface area contributed by atoms with E-state index < -0.39 is 0 Å². The van der Waals surface area contributed by atoms with E-state index >= 15 is 0 Å². The minimum absolute atomic E-state index is 0.323. The van der Waals surface area contributed by atoms with Crippen LogP contribution in [0.4, 0.5) is 5.69 Å². The van der Waals surface area contributed by atoms with Gasteiger partial charge < -0.3 is 5.32 Å². The smallest absolute Gasteiger partial charge is 0.159 e. The van der Waals surface area contributed by atoms with Crippen molar-refractivity contribution in [2.24, 2.45) is 5.41 Å². The van der Waals surface area contributed by atoms with Gasteiger partial charge in [0.1, 0.15) is 0 Å². The van der Waals surface area contributed by atoms with Crippen molar-refractivity contribution in [1.29, 1.82) is 0 Å². The fraction of sp³-hybridized carbons (Fsp3) is 0.412. The predicted molar refractivity (Wildman–Crippen MR) is 90.6 cm³/mol. The molecule has 0 bridgehead atoms. The lowest BCUT2D eigenvalue weighted by molar-refractivity contribution is 0.305.